The Bertz CT molecular complexity index is 1110. The Balaban J connectivity index is 1.66. The van der Waals surface area contributed by atoms with Crippen LogP contribution in [0.4, 0.5) is 35.1 Å². The predicted molar refractivity (Wildman–Crippen MR) is 98.1 cm³/mol. The van der Waals surface area contributed by atoms with Gasteiger partial charge >= 0.3 is 18.0 Å². The molecule has 15 heteroatoms. The van der Waals surface area contributed by atoms with Crippen molar-refractivity contribution in [2.24, 2.45) is 5.92 Å². The van der Waals surface area contributed by atoms with Gasteiger partial charge in [0, 0.05) is 12.6 Å². The molecule has 2 unspecified atom stereocenters. The maximum atomic E-state index is 13.6. The molecule has 4 rings (SSSR count). The molecule has 4 atom stereocenters. The molecule has 4 heterocycles. The lowest BCUT2D eigenvalue weighted by Crippen LogP contribution is -2.45. The summed E-state index contributed by atoms with van der Waals surface area (Å²) in [4.78, 5) is 29.8. The van der Waals surface area contributed by atoms with Crippen molar-refractivity contribution in [1.29, 1.82) is 0 Å². The lowest BCUT2D eigenvalue weighted by atomic mass is 9.91. The standard InChI is InChI=1S/C19H17F8N5O2/c20-11-7-30(8-12(11)21)16(33)13-3-10(18(22,23)24)4-15-29-31(17(34)32(13)15)6-9-1-2-14(28-5-9)19(25,26)27/h1-2,5,10-13H,3-4,6-8H2/t10?,11-,12-,13?/m1/s1. The van der Waals surface area contributed by atoms with Crippen molar-refractivity contribution in [3.63, 3.8) is 0 Å². The van der Waals surface area contributed by atoms with Crippen LogP contribution in [0.1, 0.15) is 29.5 Å². The van der Waals surface area contributed by atoms with Crippen LogP contribution in [-0.4, -0.2) is 61.7 Å². The number of aromatic nitrogens is 4. The number of carbonyl (C=O) groups is 1. The van der Waals surface area contributed by atoms with E-state index in [0.717, 1.165) is 26.4 Å². The Labute approximate surface area is 186 Å². The van der Waals surface area contributed by atoms with Crippen LogP contribution in [0.5, 0.6) is 0 Å². The zero-order valence-electron chi connectivity index (χ0n) is 17.2. The lowest BCUT2D eigenvalue weighted by Gasteiger charge is -2.32. The first kappa shape index (κ1) is 24.1. The highest BCUT2D eigenvalue weighted by atomic mass is 19.4. The number of amides is 1. The summed E-state index contributed by atoms with van der Waals surface area (Å²) in [5.74, 6) is -3.41. The molecule has 0 bridgehead atoms. The summed E-state index contributed by atoms with van der Waals surface area (Å²) in [5.41, 5.74) is -2.03. The Morgan fingerprint density at radius 2 is 1.71 bits per heavy atom. The zero-order chi connectivity index (χ0) is 25.0. The summed E-state index contributed by atoms with van der Waals surface area (Å²) in [6.45, 7) is -1.71. The number of hydrogen-bond donors (Lipinski definition) is 0. The minimum atomic E-state index is -4.72. The quantitative estimate of drug-likeness (QED) is 0.609. The molecule has 186 valence electrons. The molecule has 7 nitrogen and oxygen atoms in total. The molecule has 0 aromatic carbocycles. The van der Waals surface area contributed by atoms with Crippen LogP contribution in [0.25, 0.3) is 0 Å². The number of alkyl halides is 8. The normalized spacial score (nSPS) is 25.5. The fraction of sp³-hybridized carbons (Fsp3) is 0.579. The van der Waals surface area contributed by atoms with Gasteiger partial charge < -0.3 is 4.90 Å². The van der Waals surface area contributed by atoms with Crippen LogP contribution in [-0.2, 0) is 23.9 Å². The van der Waals surface area contributed by atoms with Gasteiger partial charge in [-0.3, -0.25) is 14.3 Å². The number of fused-ring (bicyclic) bond motifs is 1. The average Bonchev–Trinajstić information content (AvgIpc) is 3.25. The minimum Gasteiger partial charge on any atom is -0.335 e. The average molecular weight is 499 g/mol. The first-order valence-corrected chi connectivity index (χ1v) is 10.1. The summed E-state index contributed by atoms with van der Waals surface area (Å²) >= 11 is 0. The van der Waals surface area contributed by atoms with Crippen LogP contribution in [0.3, 0.4) is 0 Å². The zero-order valence-corrected chi connectivity index (χ0v) is 17.2. The molecule has 0 radical (unpaired) electrons. The van der Waals surface area contributed by atoms with E-state index < -0.39 is 86.4 Å². The molecule has 1 fully saturated rings. The monoisotopic (exact) mass is 499 g/mol. The van der Waals surface area contributed by atoms with Gasteiger partial charge in [-0.05, 0) is 18.1 Å². The van der Waals surface area contributed by atoms with E-state index in [1.54, 1.807) is 0 Å². The summed E-state index contributed by atoms with van der Waals surface area (Å²) in [6.07, 6.45) is -14.1. The van der Waals surface area contributed by atoms with Crippen molar-refractivity contribution in [2.75, 3.05) is 13.1 Å². The molecule has 0 spiro atoms. The Morgan fingerprint density at radius 1 is 1.06 bits per heavy atom. The SMILES string of the molecule is O=C(C1CC(C(F)(F)F)Cc2nn(Cc3ccc(C(F)(F)F)nc3)c(=O)n21)N1C[C@@H](F)[C@H](F)C1. The molecule has 2 aliphatic rings. The smallest absolute Gasteiger partial charge is 0.335 e. The molecule has 2 aliphatic heterocycles. The highest BCUT2D eigenvalue weighted by Crippen LogP contribution is 2.39. The van der Waals surface area contributed by atoms with E-state index in [1.807, 2.05) is 0 Å². The molecular formula is C19H17F8N5O2. The van der Waals surface area contributed by atoms with Gasteiger partial charge in [0.15, 0.2) is 12.3 Å². The van der Waals surface area contributed by atoms with Gasteiger partial charge in [0.2, 0.25) is 5.91 Å². The van der Waals surface area contributed by atoms with Crippen LogP contribution < -0.4 is 5.69 Å². The minimum absolute atomic E-state index is 0.112. The largest absolute Gasteiger partial charge is 0.433 e. The molecule has 1 amide bonds. The Morgan fingerprint density at radius 3 is 2.24 bits per heavy atom. The van der Waals surface area contributed by atoms with Gasteiger partial charge in [-0.2, -0.15) is 31.4 Å². The maximum absolute atomic E-state index is 13.6. The van der Waals surface area contributed by atoms with E-state index in [9.17, 15) is 44.7 Å². The number of rotatable bonds is 3. The molecule has 0 N–H and O–H groups in total. The molecule has 0 aliphatic carbocycles. The number of pyridine rings is 1. The van der Waals surface area contributed by atoms with Crippen molar-refractivity contribution in [3.05, 3.63) is 45.9 Å². The van der Waals surface area contributed by atoms with Crippen molar-refractivity contribution in [1.82, 2.24) is 24.2 Å². The Hall–Kier alpha value is -3.00. The third kappa shape index (κ3) is 4.51. The highest BCUT2D eigenvalue weighted by Gasteiger charge is 2.49. The molecule has 2 aromatic rings. The third-order valence-corrected chi connectivity index (χ3v) is 5.88. The van der Waals surface area contributed by atoms with Crippen LogP contribution in [0, 0.1) is 5.92 Å². The van der Waals surface area contributed by atoms with Gasteiger partial charge in [-0.15, -0.1) is 0 Å². The van der Waals surface area contributed by atoms with Crippen LogP contribution in [0.2, 0.25) is 0 Å². The van der Waals surface area contributed by atoms with Crippen molar-refractivity contribution >= 4 is 5.91 Å². The number of likely N-dealkylation sites (tertiary alicyclic amines) is 1. The fourth-order valence-electron chi connectivity index (χ4n) is 4.13. The number of carbonyl (C=O) groups excluding carboxylic acids is 1. The summed E-state index contributed by atoms with van der Waals surface area (Å²) in [7, 11) is 0. The van der Waals surface area contributed by atoms with E-state index in [4.69, 9.17) is 0 Å². The van der Waals surface area contributed by atoms with E-state index in [-0.39, 0.29) is 11.4 Å². The molecule has 2 aromatic heterocycles. The van der Waals surface area contributed by atoms with E-state index in [0.29, 0.717) is 6.07 Å². The number of halogens is 8. The molecule has 34 heavy (non-hydrogen) atoms. The van der Waals surface area contributed by atoms with Crippen molar-refractivity contribution in [3.8, 4) is 0 Å². The van der Waals surface area contributed by atoms with E-state index >= 15 is 0 Å². The second kappa shape index (κ2) is 8.34. The lowest BCUT2D eigenvalue weighted by molar-refractivity contribution is -0.183. The van der Waals surface area contributed by atoms with Crippen LogP contribution >= 0.6 is 0 Å². The van der Waals surface area contributed by atoms with E-state index in [1.165, 1.54) is 0 Å². The molecule has 0 saturated carbocycles. The second-order valence-electron chi connectivity index (χ2n) is 8.25. The summed E-state index contributed by atoms with van der Waals surface area (Å²) in [6, 6.07) is 0.0329. The first-order chi connectivity index (χ1) is 15.8. The number of nitrogens with zero attached hydrogens (tertiary/aromatic N) is 5. The van der Waals surface area contributed by atoms with Gasteiger partial charge in [0.25, 0.3) is 0 Å². The van der Waals surface area contributed by atoms with Gasteiger partial charge in [0.1, 0.15) is 17.6 Å². The Kier molecular flexibility index (Phi) is 5.92. The summed E-state index contributed by atoms with van der Waals surface area (Å²) in [5, 5.41) is 3.87. The summed E-state index contributed by atoms with van der Waals surface area (Å²) < 4.78 is 107. The number of hydrogen-bond acceptors (Lipinski definition) is 4. The highest BCUT2D eigenvalue weighted by molar-refractivity contribution is 5.81. The predicted octanol–water partition coefficient (Wildman–Crippen LogP) is 2.69. The van der Waals surface area contributed by atoms with Crippen LogP contribution in [0.15, 0.2) is 23.1 Å². The molecule has 1 saturated heterocycles. The van der Waals surface area contributed by atoms with Crippen molar-refractivity contribution < 1.29 is 39.9 Å². The topological polar surface area (TPSA) is 73.0 Å². The van der Waals surface area contributed by atoms with Crippen molar-refractivity contribution in [2.45, 2.75) is 50.1 Å². The maximum Gasteiger partial charge on any atom is 0.433 e. The first-order valence-electron chi connectivity index (χ1n) is 10.1. The third-order valence-electron chi connectivity index (χ3n) is 5.88. The van der Waals surface area contributed by atoms with Gasteiger partial charge in [-0.1, -0.05) is 6.07 Å². The van der Waals surface area contributed by atoms with Gasteiger partial charge in [0.05, 0.1) is 25.6 Å². The van der Waals surface area contributed by atoms with E-state index in [2.05, 4.69) is 10.1 Å². The fourth-order valence-corrected chi connectivity index (χ4v) is 4.13. The second-order valence-corrected chi connectivity index (χ2v) is 8.25. The molecular weight excluding hydrogens is 482 g/mol. The van der Waals surface area contributed by atoms with Gasteiger partial charge in [-0.25, -0.2) is 18.3 Å².